The summed E-state index contributed by atoms with van der Waals surface area (Å²) in [4.78, 5) is 36.7. The quantitative estimate of drug-likeness (QED) is 0.420. The molecular weight excluding hydrogens is 394 g/mol. The first-order valence-electron chi connectivity index (χ1n) is 11.5. The van der Waals surface area contributed by atoms with Crippen LogP contribution in [-0.2, 0) is 14.4 Å². The fraction of sp³-hybridized carbons (Fsp3) is 0.792. The Morgan fingerprint density at radius 2 is 1.61 bits per heavy atom. The highest BCUT2D eigenvalue weighted by molar-refractivity contribution is 5.86. The Kier molecular flexibility index (Phi) is 19.0. The molecule has 7 nitrogen and oxygen atoms in total. The predicted molar refractivity (Wildman–Crippen MR) is 128 cm³/mol. The summed E-state index contributed by atoms with van der Waals surface area (Å²) >= 11 is 0. The Balaban J connectivity index is 0. The zero-order chi connectivity index (χ0) is 24.4. The zero-order valence-electron chi connectivity index (χ0n) is 21.1. The van der Waals surface area contributed by atoms with Gasteiger partial charge in [0.15, 0.2) is 0 Å². The highest BCUT2D eigenvalue weighted by Crippen LogP contribution is 2.13. The second-order valence-electron chi connectivity index (χ2n) is 9.03. The lowest BCUT2D eigenvalue weighted by Gasteiger charge is -2.29. The Morgan fingerprint density at radius 3 is 2.00 bits per heavy atom. The summed E-state index contributed by atoms with van der Waals surface area (Å²) in [6, 6.07) is -0.318. The smallest absolute Gasteiger partial charge is 0.331 e. The van der Waals surface area contributed by atoms with Crippen LogP contribution in [0.4, 0.5) is 0 Å². The fourth-order valence-electron chi connectivity index (χ4n) is 3.00. The molecule has 0 aromatic carbocycles. The summed E-state index contributed by atoms with van der Waals surface area (Å²) in [6.45, 7) is 18.0. The van der Waals surface area contributed by atoms with Gasteiger partial charge in [-0.05, 0) is 57.7 Å². The van der Waals surface area contributed by atoms with Crippen LogP contribution in [0.5, 0.6) is 0 Å². The monoisotopic (exact) mass is 441 g/mol. The normalized spacial score (nSPS) is 15.2. The van der Waals surface area contributed by atoms with Crippen LogP contribution in [0.15, 0.2) is 11.6 Å². The van der Waals surface area contributed by atoms with Gasteiger partial charge in [0.25, 0.3) is 0 Å². The average Bonchev–Trinajstić information content (AvgIpc) is 2.70. The Morgan fingerprint density at radius 1 is 1.10 bits per heavy atom. The van der Waals surface area contributed by atoms with Gasteiger partial charge in [-0.3, -0.25) is 9.59 Å². The number of nitrogens with zero attached hydrogens (tertiary/aromatic N) is 2. The Labute approximate surface area is 190 Å². The van der Waals surface area contributed by atoms with Crippen LogP contribution in [0.3, 0.4) is 0 Å². The molecule has 1 heterocycles. The summed E-state index contributed by atoms with van der Waals surface area (Å²) in [7, 11) is 1.59. The number of carbonyl (C=O) groups excluding carboxylic acids is 2. The van der Waals surface area contributed by atoms with E-state index in [1.54, 1.807) is 13.1 Å². The molecule has 182 valence electrons. The molecule has 1 aliphatic heterocycles. The summed E-state index contributed by atoms with van der Waals surface area (Å²) in [6.07, 6.45) is 7.64. The van der Waals surface area contributed by atoms with Crippen molar-refractivity contribution in [2.75, 3.05) is 33.2 Å². The van der Waals surface area contributed by atoms with Gasteiger partial charge in [-0.1, -0.05) is 54.0 Å². The largest absolute Gasteiger partial charge is 0.478 e. The second-order valence-corrected chi connectivity index (χ2v) is 9.03. The zero-order valence-corrected chi connectivity index (χ0v) is 21.1. The first-order valence-corrected chi connectivity index (χ1v) is 11.5. The van der Waals surface area contributed by atoms with Gasteiger partial charge in [-0.15, -0.1) is 0 Å². The van der Waals surface area contributed by atoms with Crippen LogP contribution < -0.4 is 5.32 Å². The molecule has 1 saturated heterocycles. The number of piperidine rings is 1. The van der Waals surface area contributed by atoms with E-state index < -0.39 is 5.97 Å². The van der Waals surface area contributed by atoms with Crippen molar-refractivity contribution < 1.29 is 19.5 Å². The van der Waals surface area contributed by atoms with Crippen molar-refractivity contribution in [3.8, 4) is 0 Å². The fourth-order valence-corrected chi connectivity index (χ4v) is 3.00. The maximum atomic E-state index is 11.7. The molecule has 0 aromatic rings. The summed E-state index contributed by atoms with van der Waals surface area (Å²) < 4.78 is 0. The molecular formula is C24H47N3O4. The molecule has 0 saturated carbocycles. The van der Waals surface area contributed by atoms with E-state index in [4.69, 9.17) is 5.11 Å². The van der Waals surface area contributed by atoms with Gasteiger partial charge in [0, 0.05) is 12.6 Å². The van der Waals surface area contributed by atoms with E-state index in [0.717, 1.165) is 5.92 Å². The van der Waals surface area contributed by atoms with Gasteiger partial charge in [0.2, 0.25) is 12.3 Å². The number of amides is 2. The third-order valence-electron chi connectivity index (χ3n) is 4.61. The van der Waals surface area contributed by atoms with Gasteiger partial charge in [-0.2, -0.15) is 0 Å². The molecule has 0 aliphatic carbocycles. The standard InChI is InChI=1S/C12H20N2O4.C8H17N.C4H10/c1-8(2)10(5-9(3)12(17)18)14(4)11(16)6-13-7-15;1-2-6-9-7-4-3-5-8-9;1-4(2)3/h5,7-8,10H,6H2,1-4H3,(H,13,15)(H,17,18);2-8H2,1H3;4H,1-3H3/b9-5+;;/t10-;;/m1../s1. The molecule has 1 fully saturated rings. The van der Waals surface area contributed by atoms with Crippen LogP contribution in [0.25, 0.3) is 0 Å². The van der Waals surface area contributed by atoms with E-state index in [2.05, 4.69) is 37.9 Å². The predicted octanol–water partition coefficient (Wildman–Crippen LogP) is 3.79. The number of carbonyl (C=O) groups is 3. The molecule has 2 amide bonds. The van der Waals surface area contributed by atoms with Crippen LogP contribution in [0, 0.1) is 11.8 Å². The van der Waals surface area contributed by atoms with E-state index in [1.165, 1.54) is 57.1 Å². The molecule has 0 aromatic heterocycles. The third kappa shape index (κ3) is 17.5. The van der Waals surface area contributed by atoms with Crippen LogP contribution in [-0.4, -0.2) is 72.5 Å². The summed E-state index contributed by atoms with van der Waals surface area (Å²) in [5.41, 5.74) is 0.191. The molecule has 0 unspecified atom stereocenters. The first kappa shape index (κ1) is 31.3. The van der Waals surface area contributed by atoms with Crippen molar-refractivity contribution in [3.05, 3.63) is 11.6 Å². The lowest BCUT2D eigenvalue weighted by atomic mass is 10.00. The molecule has 1 rings (SSSR count). The van der Waals surface area contributed by atoms with Crippen LogP contribution >= 0.6 is 0 Å². The van der Waals surface area contributed by atoms with Crippen molar-refractivity contribution in [1.29, 1.82) is 0 Å². The van der Waals surface area contributed by atoms with Gasteiger partial charge >= 0.3 is 5.97 Å². The molecule has 0 spiro atoms. The van der Waals surface area contributed by atoms with E-state index >= 15 is 0 Å². The Bertz CT molecular complexity index is 521. The SMILES string of the molecule is C/C(=C\[C@H](C(C)C)N(C)C(=O)CNC=O)C(=O)O.CC(C)C.CCCN1CCCCC1. The number of likely N-dealkylation sites (N-methyl/N-ethyl adjacent to an activating group) is 1. The van der Waals surface area contributed by atoms with E-state index in [9.17, 15) is 14.4 Å². The molecule has 0 bridgehead atoms. The van der Waals surface area contributed by atoms with Crippen molar-refractivity contribution in [2.45, 2.75) is 80.2 Å². The minimum atomic E-state index is -1.01. The molecule has 7 heteroatoms. The minimum Gasteiger partial charge on any atom is -0.478 e. The van der Waals surface area contributed by atoms with Gasteiger partial charge in [0.05, 0.1) is 12.6 Å². The number of likely N-dealkylation sites (tertiary alicyclic amines) is 1. The second kappa shape index (κ2) is 18.8. The van der Waals surface area contributed by atoms with Crippen LogP contribution in [0.1, 0.15) is 74.1 Å². The molecule has 1 aliphatic rings. The van der Waals surface area contributed by atoms with E-state index in [0.29, 0.717) is 6.41 Å². The topological polar surface area (TPSA) is 90.0 Å². The van der Waals surface area contributed by atoms with Crippen LogP contribution in [0.2, 0.25) is 0 Å². The van der Waals surface area contributed by atoms with Gasteiger partial charge in [0.1, 0.15) is 0 Å². The van der Waals surface area contributed by atoms with Crippen molar-refractivity contribution in [3.63, 3.8) is 0 Å². The number of rotatable bonds is 9. The summed E-state index contributed by atoms with van der Waals surface area (Å²) in [5, 5.41) is 11.1. The van der Waals surface area contributed by atoms with Gasteiger partial charge < -0.3 is 20.2 Å². The molecule has 1 atom stereocenters. The maximum absolute atomic E-state index is 11.7. The number of hydrogen-bond acceptors (Lipinski definition) is 4. The third-order valence-corrected chi connectivity index (χ3v) is 4.61. The number of hydrogen-bond donors (Lipinski definition) is 2. The number of nitrogens with one attached hydrogen (secondary N) is 1. The van der Waals surface area contributed by atoms with Crippen molar-refractivity contribution in [2.24, 2.45) is 11.8 Å². The Hall–Kier alpha value is -1.89. The molecule has 2 N–H and O–H groups in total. The molecule has 0 radical (unpaired) electrons. The van der Waals surface area contributed by atoms with Gasteiger partial charge in [-0.25, -0.2) is 4.79 Å². The lowest BCUT2D eigenvalue weighted by Crippen LogP contribution is -2.43. The van der Waals surface area contributed by atoms with Crippen molar-refractivity contribution >= 4 is 18.3 Å². The first-order chi connectivity index (χ1) is 14.5. The summed E-state index contributed by atoms with van der Waals surface area (Å²) in [5.74, 6) is -0.368. The minimum absolute atomic E-state index is 0.0736. The van der Waals surface area contributed by atoms with E-state index in [-0.39, 0.29) is 30.0 Å². The lowest BCUT2D eigenvalue weighted by molar-refractivity contribution is -0.133. The number of carboxylic acids is 1. The number of carboxylic acid groups (broad SMARTS) is 1. The van der Waals surface area contributed by atoms with Crippen molar-refractivity contribution in [1.82, 2.24) is 15.1 Å². The highest BCUT2D eigenvalue weighted by Gasteiger charge is 2.21. The van der Waals surface area contributed by atoms with E-state index in [1.807, 2.05) is 13.8 Å². The molecule has 31 heavy (non-hydrogen) atoms. The number of aliphatic carboxylic acids is 1. The maximum Gasteiger partial charge on any atom is 0.331 e. The highest BCUT2D eigenvalue weighted by atomic mass is 16.4. The average molecular weight is 442 g/mol.